The van der Waals surface area contributed by atoms with E-state index in [9.17, 15) is 40.8 Å². The lowest BCUT2D eigenvalue weighted by Gasteiger charge is -2.35. The van der Waals surface area contributed by atoms with E-state index >= 15 is 0 Å². The number of carbonyl (C=O) groups excluding carboxylic acids is 4. The summed E-state index contributed by atoms with van der Waals surface area (Å²) in [6.07, 6.45) is -0.943. The highest BCUT2D eigenvalue weighted by molar-refractivity contribution is 7.91. The van der Waals surface area contributed by atoms with Crippen molar-refractivity contribution in [3.63, 3.8) is 0 Å². The molecule has 19 heteroatoms. The second-order valence-electron chi connectivity index (χ2n) is 17.4. The monoisotopic (exact) mass is 864 g/mol. The first-order valence-corrected chi connectivity index (χ1v) is 22.1. The molecule has 4 amide bonds. The fourth-order valence-electron chi connectivity index (χ4n) is 7.94. The molecule has 1 saturated heterocycles. The number of hydrogen-bond acceptors (Lipinski definition) is 11. The van der Waals surface area contributed by atoms with Gasteiger partial charge in [-0.2, -0.15) is 13.2 Å². The third-order valence-corrected chi connectivity index (χ3v) is 13.8. The molecule has 2 aliphatic heterocycles. The van der Waals surface area contributed by atoms with Gasteiger partial charge in [-0.1, -0.05) is 46.3 Å². The Morgan fingerprint density at radius 3 is 2.43 bits per heavy atom. The normalized spacial score (nSPS) is 28.4. The minimum atomic E-state index is -4.92. The van der Waals surface area contributed by atoms with E-state index in [0.717, 1.165) is 0 Å². The zero-order valence-corrected chi connectivity index (χ0v) is 35.7. The third kappa shape index (κ3) is 9.60. The number of benzene rings is 1. The Morgan fingerprint density at radius 2 is 1.80 bits per heavy atom. The molecule has 3 N–H and O–H groups in total. The zero-order valence-electron chi connectivity index (χ0n) is 34.9. The van der Waals surface area contributed by atoms with Crippen LogP contribution in [0.4, 0.5) is 18.0 Å². The molecule has 60 heavy (non-hydrogen) atoms. The summed E-state index contributed by atoms with van der Waals surface area (Å²) < 4.78 is 86.2. The molecular weight excluding hydrogens is 810 g/mol. The van der Waals surface area contributed by atoms with Crippen LogP contribution in [0.1, 0.15) is 105 Å². The fourth-order valence-corrected chi connectivity index (χ4v) is 9.31. The number of nitrogens with one attached hydrogen (secondary N) is 3. The van der Waals surface area contributed by atoms with Crippen molar-refractivity contribution in [2.24, 2.45) is 17.8 Å². The van der Waals surface area contributed by atoms with Gasteiger partial charge in [-0.15, -0.1) is 0 Å². The SMILES string of the molecule is CC[C@@H]1C[C@H](C)CC/C=C\[C@@H]2C[C@@]2(C(=O)NS(=O)(=O)C2CC2)NC(=O)[C@@H]2C[C@@H](Oc3nc4cc(OC)ccc4nc3C(C)C)CN2C(=O)[C@H]1NC(=O)OC(C)(C)C(F)(F)F. The van der Waals surface area contributed by atoms with E-state index in [2.05, 4.69) is 15.4 Å². The lowest BCUT2D eigenvalue weighted by molar-refractivity contribution is -0.244. The first-order chi connectivity index (χ1) is 28.1. The number of rotatable bonds is 10. The van der Waals surface area contributed by atoms with Crippen LogP contribution in [0.15, 0.2) is 30.4 Å². The molecule has 3 fully saturated rings. The number of ether oxygens (including phenoxy) is 3. The molecule has 2 aromatic rings. The summed E-state index contributed by atoms with van der Waals surface area (Å²) >= 11 is 0. The molecule has 15 nitrogen and oxygen atoms in total. The fraction of sp³-hybridized carbons (Fsp3) is 0.659. The quantitative estimate of drug-likeness (QED) is 0.258. The van der Waals surface area contributed by atoms with E-state index in [4.69, 9.17) is 24.2 Å². The van der Waals surface area contributed by atoms with E-state index in [1.165, 1.54) is 12.0 Å². The van der Waals surface area contributed by atoms with Crippen LogP contribution in [0.5, 0.6) is 11.6 Å². The first kappa shape index (κ1) is 44.9. The molecule has 330 valence electrons. The van der Waals surface area contributed by atoms with Gasteiger partial charge in [0.1, 0.15) is 35.2 Å². The molecule has 2 aliphatic carbocycles. The number of amides is 4. The molecule has 4 aliphatic rings. The standard InChI is InChI=1S/C41H55F3N6O9S/c1-8-24-17-23(4)11-9-10-12-25-20-40(25,37(53)49-60(55,56)28-14-15-28)48-34(51)31-19-27(21-50(31)36(52)33(24)47-38(54)59-39(5,6)41(42,43)44)58-35-32(22(2)3)45-29-16-13-26(57-7)18-30(29)46-35/h10,12-13,16,18,22-25,27-28,31,33H,8-9,11,14-15,17,19-21H2,1-7H3,(H,47,54)(H,48,51)(H,49,53)/b12-10-/t23-,24-,25-,27-,31+,33+,40-/m1/s1. The summed E-state index contributed by atoms with van der Waals surface area (Å²) in [5.41, 5.74) is -2.99. The highest BCUT2D eigenvalue weighted by atomic mass is 32.2. The van der Waals surface area contributed by atoms with Crippen LogP contribution in [0, 0.1) is 17.8 Å². The van der Waals surface area contributed by atoms with E-state index in [-0.39, 0.29) is 37.1 Å². The topological polar surface area (TPSA) is 195 Å². The highest BCUT2D eigenvalue weighted by Crippen LogP contribution is 2.46. The first-order valence-electron chi connectivity index (χ1n) is 20.5. The second-order valence-corrected chi connectivity index (χ2v) is 19.3. The van der Waals surface area contributed by atoms with Crippen LogP contribution in [0.3, 0.4) is 0 Å². The molecule has 2 saturated carbocycles. The molecule has 0 radical (unpaired) electrons. The van der Waals surface area contributed by atoms with Gasteiger partial charge in [0.15, 0.2) is 0 Å². The summed E-state index contributed by atoms with van der Waals surface area (Å²) in [7, 11) is -2.48. The minimum Gasteiger partial charge on any atom is -0.497 e. The maximum Gasteiger partial charge on any atom is 0.427 e. The van der Waals surface area contributed by atoms with E-state index in [1.54, 1.807) is 31.2 Å². The van der Waals surface area contributed by atoms with Gasteiger partial charge in [0.2, 0.25) is 33.3 Å². The highest BCUT2D eigenvalue weighted by Gasteiger charge is 2.62. The predicted octanol–water partition coefficient (Wildman–Crippen LogP) is 5.43. The lowest BCUT2D eigenvalue weighted by Crippen LogP contribution is -2.59. The van der Waals surface area contributed by atoms with Crippen molar-refractivity contribution in [3.05, 3.63) is 36.0 Å². The van der Waals surface area contributed by atoms with Crippen molar-refractivity contribution in [3.8, 4) is 11.6 Å². The van der Waals surface area contributed by atoms with Crippen molar-refractivity contribution in [1.82, 2.24) is 30.2 Å². The number of allylic oxidation sites excluding steroid dienone is 1. The van der Waals surface area contributed by atoms with Gasteiger partial charge in [0.25, 0.3) is 5.91 Å². The van der Waals surface area contributed by atoms with Crippen LogP contribution >= 0.6 is 0 Å². The van der Waals surface area contributed by atoms with Gasteiger partial charge in [-0.25, -0.2) is 23.2 Å². The van der Waals surface area contributed by atoms with Gasteiger partial charge in [-0.3, -0.25) is 19.1 Å². The molecule has 3 heterocycles. The third-order valence-electron chi connectivity index (χ3n) is 12.0. The van der Waals surface area contributed by atoms with Crippen LogP contribution in [0.25, 0.3) is 11.0 Å². The Hall–Kier alpha value is -4.68. The van der Waals surface area contributed by atoms with Crippen molar-refractivity contribution in [2.45, 2.75) is 140 Å². The van der Waals surface area contributed by atoms with Crippen molar-refractivity contribution < 1.29 is 55.0 Å². The van der Waals surface area contributed by atoms with Crippen molar-refractivity contribution in [2.75, 3.05) is 13.7 Å². The molecule has 7 atom stereocenters. The summed E-state index contributed by atoms with van der Waals surface area (Å²) in [6.45, 7) is 8.73. The number of nitrogens with zero attached hydrogens (tertiary/aromatic N) is 3. The minimum absolute atomic E-state index is 0.0369. The summed E-state index contributed by atoms with van der Waals surface area (Å²) in [5.74, 6) is -3.11. The van der Waals surface area contributed by atoms with E-state index in [1.807, 2.05) is 26.8 Å². The van der Waals surface area contributed by atoms with Crippen molar-refractivity contribution in [1.29, 1.82) is 0 Å². The zero-order chi connectivity index (χ0) is 43.9. The van der Waals surface area contributed by atoms with Crippen LogP contribution < -0.4 is 24.8 Å². The summed E-state index contributed by atoms with van der Waals surface area (Å²) in [6, 6.07) is 2.42. The number of alkyl halides is 3. The smallest absolute Gasteiger partial charge is 0.427 e. The summed E-state index contributed by atoms with van der Waals surface area (Å²) in [5, 5.41) is 4.54. The number of aromatic nitrogens is 2. The maximum atomic E-state index is 15.0. The predicted molar refractivity (Wildman–Crippen MR) is 213 cm³/mol. The Bertz CT molecular complexity index is 2130. The average molecular weight is 865 g/mol. The molecule has 1 aromatic carbocycles. The summed E-state index contributed by atoms with van der Waals surface area (Å²) in [4.78, 5) is 67.4. The number of fused-ring (bicyclic) bond motifs is 3. The Morgan fingerprint density at radius 1 is 1.08 bits per heavy atom. The number of carbonyl (C=O) groups is 4. The second kappa shape index (κ2) is 17.0. The molecular formula is C41H55F3N6O9S. The van der Waals surface area contributed by atoms with Gasteiger partial charge in [0, 0.05) is 24.3 Å². The van der Waals surface area contributed by atoms with Crippen LogP contribution in [-0.4, -0.2) is 102 Å². The van der Waals surface area contributed by atoms with Crippen LogP contribution in [0.2, 0.25) is 0 Å². The molecule has 1 aromatic heterocycles. The average Bonchev–Trinajstić information content (AvgIpc) is 4.10. The van der Waals surface area contributed by atoms with Gasteiger partial charge < -0.3 is 29.7 Å². The Balaban J connectivity index is 1.39. The number of hydrogen-bond donors (Lipinski definition) is 3. The van der Waals surface area contributed by atoms with Crippen LogP contribution in [-0.2, 0) is 29.1 Å². The van der Waals surface area contributed by atoms with E-state index < -0.39 is 86.4 Å². The molecule has 6 rings (SSSR count). The number of halogens is 3. The lowest BCUT2D eigenvalue weighted by atomic mass is 9.85. The number of alkyl carbamates (subject to hydrolysis) is 1. The van der Waals surface area contributed by atoms with Gasteiger partial charge >= 0.3 is 12.3 Å². The molecule has 0 spiro atoms. The van der Waals surface area contributed by atoms with Crippen molar-refractivity contribution >= 4 is 44.9 Å². The Labute approximate surface area is 348 Å². The molecule has 0 unspecified atom stereocenters. The largest absolute Gasteiger partial charge is 0.497 e. The van der Waals surface area contributed by atoms with Gasteiger partial charge in [0.05, 0.1) is 29.9 Å². The maximum absolute atomic E-state index is 15.0. The number of sulfonamides is 1. The Kier molecular flexibility index (Phi) is 12.7. The van der Waals surface area contributed by atoms with E-state index in [0.29, 0.717) is 74.8 Å². The molecule has 0 bridgehead atoms. The van der Waals surface area contributed by atoms with Gasteiger partial charge in [-0.05, 0) is 76.3 Å². The number of methoxy groups -OCH3 is 1.